The predicted molar refractivity (Wildman–Crippen MR) is 55.2 cm³/mol. The van der Waals surface area contributed by atoms with Gasteiger partial charge in [-0.2, -0.15) is 0 Å². The van der Waals surface area contributed by atoms with Crippen molar-refractivity contribution in [1.29, 1.82) is 0 Å². The van der Waals surface area contributed by atoms with Gasteiger partial charge in [-0.3, -0.25) is 9.59 Å². The first-order valence-corrected chi connectivity index (χ1v) is 5.20. The largest absolute Gasteiger partial charge is 0.395 e. The highest BCUT2D eigenvalue weighted by Gasteiger charge is 2.19. The molecule has 0 aliphatic carbocycles. The van der Waals surface area contributed by atoms with Crippen LogP contribution in [0, 0.1) is 0 Å². The summed E-state index contributed by atoms with van der Waals surface area (Å²) in [6, 6.07) is 0. The summed E-state index contributed by atoms with van der Waals surface area (Å²) in [5.74, 6) is -0.796. The highest BCUT2D eigenvalue weighted by Crippen LogP contribution is 2.03. The molecule has 0 amide bonds. The van der Waals surface area contributed by atoms with E-state index < -0.39 is 11.9 Å². The van der Waals surface area contributed by atoms with Gasteiger partial charge in [0.1, 0.15) is 0 Å². The first-order valence-electron chi connectivity index (χ1n) is 5.20. The average Bonchev–Trinajstić information content (AvgIpc) is 2.60. The molecule has 15 heavy (non-hydrogen) atoms. The number of rotatable bonds is 4. The van der Waals surface area contributed by atoms with Gasteiger partial charge in [0.2, 0.25) is 0 Å². The molecule has 1 saturated heterocycles. The number of hydrogen-bond donors (Lipinski definition) is 1. The summed E-state index contributed by atoms with van der Waals surface area (Å²) in [4.78, 5) is 22.2. The maximum Gasteiger partial charge on any atom is 0.314 e. The second kappa shape index (κ2) is 8.38. The molecule has 1 heterocycles. The number of ether oxygens (including phenoxy) is 1. The number of nitrogens with zero attached hydrogens (tertiary/aromatic N) is 1. The minimum atomic E-state index is -0.398. The molecule has 1 aliphatic rings. The van der Waals surface area contributed by atoms with E-state index in [0.717, 1.165) is 19.6 Å². The van der Waals surface area contributed by atoms with E-state index in [1.165, 1.54) is 0 Å². The van der Waals surface area contributed by atoms with Crippen LogP contribution in [0.4, 0.5) is 0 Å². The van der Waals surface area contributed by atoms with Crippen LogP contribution in [0.2, 0.25) is 0 Å². The van der Waals surface area contributed by atoms with Crippen molar-refractivity contribution in [3.8, 4) is 0 Å². The van der Waals surface area contributed by atoms with Gasteiger partial charge in [0.05, 0.1) is 19.4 Å². The molecule has 0 aromatic rings. The number of aliphatic hydroxyl groups excluding tert-OH is 1. The Hall–Kier alpha value is -0.940. The molecule has 1 fully saturated rings. The number of likely N-dealkylation sites (N-methyl/N-ethyl adjacent to an activating group) is 1. The number of esters is 2. The minimum Gasteiger partial charge on any atom is -0.395 e. The van der Waals surface area contributed by atoms with Crippen LogP contribution in [0.1, 0.15) is 26.7 Å². The summed E-state index contributed by atoms with van der Waals surface area (Å²) in [6.07, 6.45) is 0.525. The third-order valence-corrected chi connectivity index (χ3v) is 2.07. The Labute approximate surface area is 90.0 Å². The summed E-state index contributed by atoms with van der Waals surface area (Å²) < 4.78 is 4.08. The lowest BCUT2D eigenvalue weighted by molar-refractivity contribution is -0.151. The number of hydrogen-bond acceptors (Lipinski definition) is 5. The van der Waals surface area contributed by atoms with Gasteiger partial charge in [-0.25, -0.2) is 0 Å². The quantitative estimate of drug-likeness (QED) is 0.537. The Morgan fingerprint density at radius 2 is 1.67 bits per heavy atom. The fourth-order valence-electron chi connectivity index (χ4n) is 1.11. The standard InChI is InChI=1S/C6H15NO.C4H4O3/c1-3-7(4-2)5-6-8;5-3-1-2-4(6)7-3/h8H,3-6H2,1-2H3;1-2H2. The number of aliphatic hydroxyl groups is 1. The topological polar surface area (TPSA) is 66.8 Å². The molecule has 0 spiro atoms. The number of cyclic esters (lactones) is 2. The van der Waals surface area contributed by atoms with Gasteiger partial charge in [-0.1, -0.05) is 13.8 Å². The summed E-state index contributed by atoms with van der Waals surface area (Å²) >= 11 is 0. The van der Waals surface area contributed by atoms with E-state index in [1.54, 1.807) is 0 Å². The van der Waals surface area contributed by atoms with Gasteiger partial charge in [0.15, 0.2) is 0 Å². The Kier molecular flexibility index (Phi) is 7.85. The van der Waals surface area contributed by atoms with Gasteiger partial charge in [0, 0.05) is 6.54 Å². The van der Waals surface area contributed by atoms with Gasteiger partial charge < -0.3 is 14.7 Å². The van der Waals surface area contributed by atoms with Crippen molar-refractivity contribution in [2.45, 2.75) is 26.7 Å². The highest BCUT2D eigenvalue weighted by molar-refractivity contribution is 5.92. The van der Waals surface area contributed by atoms with Crippen LogP contribution in [-0.2, 0) is 14.3 Å². The fraction of sp³-hybridized carbons (Fsp3) is 0.800. The first-order chi connectivity index (χ1) is 7.13. The molecule has 0 bridgehead atoms. The second-order valence-corrected chi connectivity index (χ2v) is 3.10. The maximum atomic E-state index is 10.0. The highest BCUT2D eigenvalue weighted by atomic mass is 16.6. The molecule has 5 nitrogen and oxygen atoms in total. The zero-order valence-electron chi connectivity index (χ0n) is 9.36. The lowest BCUT2D eigenvalue weighted by atomic mass is 10.4. The Morgan fingerprint density at radius 1 is 1.20 bits per heavy atom. The van der Waals surface area contributed by atoms with Crippen molar-refractivity contribution in [3.63, 3.8) is 0 Å². The Morgan fingerprint density at radius 3 is 1.80 bits per heavy atom. The predicted octanol–water partition coefficient (Wildman–Crippen LogP) is 0.170. The molecule has 88 valence electrons. The average molecular weight is 217 g/mol. The van der Waals surface area contributed by atoms with Crippen LogP contribution in [0.25, 0.3) is 0 Å². The van der Waals surface area contributed by atoms with Crippen LogP contribution >= 0.6 is 0 Å². The first kappa shape index (κ1) is 14.1. The molecule has 0 aromatic heterocycles. The van der Waals surface area contributed by atoms with Gasteiger partial charge in [0.25, 0.3) is 0 Å². The van der Waals surface area contributed by atoms with Crippen LogP contribution in [0.15, 0.2) is 0 Å². The van der Waals surface area contributed by atoms with Gasteiger partial charge >= 0.3 is 11.9 Å². The summed E-state index contributed by atoms with van der Waals surface area (Å²) in [7, 11) is 0. The van der Waals surface area contributed by atoms with E-state index in [2.05, 4.69) is 23.5 Å². The summed E-state index contributed by atoms with van der Waals surface area (Å²) in [5.41, 5.74) is 0. The normalized spacial score (nSPS) is 14.9. The molecule has 1 aliphatic heterocycles. The van der Waals surface area contributed by atoms with Crippen LogP contribution < -0.4 is 0 Å². The lowest BCUT2D eigenvalue weighted by Gasteiger charge is -2.15. The minimum absolute atomic E-state index is 0.263. The van der Waals surface area contributed by atoms with Crippen molar-refractivity contribution in [2.24, 2.45) is 0 Å². The van der Waals surface area contributed by atoms with E-state index in [1.807, 2.05) is 0 Å². The number of carbonyl (C=O) groups excluding carboxylic acids is 2. The molecule has 0 atom stereocenters. The third kappa shape index (κ3) is 7.04. The molecule has 0 saturated carbocycles. The molecular weight excluding hydrogens is 198 g/mol. The molecule has 0 radical (unpaired) electrons. The molecule has 0 unspecified atom stereocenters. The summed E-state index contributed by atoms with van der Waals surface area (Å²) in [6.45, 7) is 7.36. The van der Waals surface area contributed by atoms with Crippen LogP contribution in [0.3, 0.4) is 0 Å². The van der Waals surface area contributed by atoms with Crippen molar-refractivity contribution < 1.29 is 19.4 Å². The zero-order chi connectivity index (χ0) is 11.7. The second-order valence-electron chi connectivity index (χ2n) is 3.10. The summed E-state index contributed by atoms with van der Waals surface area (Å²) in [5, 5.41) is 8.46. The van der Waals surface area contributed by atoms with Gasteiger partial charge in [-0.15, -0.1) is 0 Å². The van der Waals surface area contributed by atoms with E-state index in [-0.39, 0.29) is 19.4 Å². The fourth-order valence-corrected chi connectivity index (χ4v) is 1.11. The zero-order valence-corrected chi connectivity index (χ0v) is 9.36. The maximum absolute atomic E-state index is 10.0. The van der Waals surface area contributed by atoms with Gasteiger partial charge in [-0.05, 0) is 13.1 Å². The van der Waals surface area contributed by atoms with Crippen LogP contribution in [0.5, 0.6) is 0 Å². The van der Waals surface area contributed by atoms with E-state index >= 15 is 0 Å². The van der Waals surface area contributed by atoms with Crippen molar-refractivity contribution >= 4 is 11.9 Å². The number of carbonyl (C=O) groups is 2. The SMILES string of the molecule is CCN(CC)CCO.O=C1CCC(=O)O1. The van der Waals surface area contributed by atoms with E-state index in [4.69, 9.17) is 5.11 Å². The van der Waals surface area contributed by atoms with Crippen LogP contribution in [-0.4, -0.2) is 48.2 Å². The monoisotopic (exact) mass is 217 g/mol. The Bertz CT molecular complexity index is 188. The Balaban J connectivity index is 0.000000262. The molecular formula is C10H19NO4. The molecule has 1 rings (SSSR count). The molecule has 1 N–H and O–H groups in total. The van der Waals surface area contributed by atoms with Crippen molar-refractivity contribution in [2.75, 3.05) is 26.2 Å². The van der Waals surface area contributed by atoms with Crippen molar-refractivity contribution in [1.82, 2.24) is 4.90 Å². The third-order valence-electron chi connectivity index (χ3n) is 2.07. The molecule has 5 heteroatoms. The van der Waals surface area contributed by atoms with Crippen molar-refractivity contribution in [3.05, 3.63) is 0 Å². The smallest absolute Gasteiger partial charge is 0.314 e. The van der Waals surface area contributed by atoms with E-state index in [0.29, 0.717) is 0 Å². The lowest BCUT2D eigenvalue weighted by Crippen LogP contribution is -2.25. The molecule has 0 aromatic carbocycles. The van der Waals surface area contributed by atoms with E-state index in [9.17, 15) is 9.59 Å².